The molecule has 1 fully saturated rings. The molecule has 0 unspecified atom stereocenters. The number of halogens is 1. The lowest BCUT2D eigenvalue weighted by molar-refractivity contribution is 0.173. The van der Waals surface area contributed by atoms with E-state index in [0.29, 0.717) is 24.2 Å². The van der Waals surface area contributed by atoms with Crippen molar-refractivity contribution in [3.63, 3.8) is 0 Å². The summed E-state index contributed by atoms with van der Waals surface area (Å²) in [6.45, 7) is 0.300. The second-order valence-corrected chi connectivity index (χ2v) is 6.59. The molecule has 1 heterocycles. The quantitative estimate of drug-likeness (QED) is 0.858. The average Bonchev–Trinajstić information content (AvgIpc) is 2.67. The molecule has 1 saturated carbocycles. The van der Waals surface area contributed by atoms with Gasteiger partial charge in [0.1, 0.15) is 11.6 Å². The molecule has 0 radical (unpaired) electrons. The van der Waals surface area contributed by atoms with Gasteiger partial charge in [0.25, 0.3) is 0 Å². The number of carbonyl (C=O) groups excluding carboxylic acids is 1. The Labute approximate surface area is 153 Å². The van der Waals surface area contributed by atoms with E-state index in [-0.39, 0.29) is 11.8 Å². The maximum atomic E-state index is 13.3. The molecule has 1 aromatic heterocycles. The Kier molecular flexibility index (Phi) is 6.04. The van der Waals surface area contributed by atoms with Gasteiger partial charge in [-0.25, -0.2) is 14.2 Å². The molecule has 26 heavy (non-hydrogen) atoms. The minimum atomic E-state index is -0.373. The Balaban J connectivity index is 1.62. The van der Waals surface area contributed by atoms with Crippen molar-refractivity contribution in [2.75, 3.05) is 7.05 Å². The minimum absolute atomic E-state index is 0.0996. The number of pyridine rings is 1. The van der Waals surface area contributed by atoms with Crippen LogP contribution in [0.3, 0.4) is 0 Å². The number of amides is 2. The Morgan fingerprint density at radius 2 is 2.08 bits per heavy atom. The van der Waals surface area contributed by atoms with Crippen LogP contribution in [0.2, 0.25) is 0 Å². The van der Waals surface area contributed by atoms with Crippen LogP contribution < -0.4 is 10.1 Å². The standard InChI is InChI=1S/C20H24FN3O2/c1-24(17-9-3-2-4-10-17)20(25)23-14-15-7-6-12-22-19(15)26-18-11-5-8-16(21)13-18/h5-8,11-13,17H,2-4,9-10,14H2,1H3,(H,23,25). The highest BCUT2D eigenvalue weighted by molar-refractivity contribution is 5.74. The number of carbonyl (C=O) groups is 1. The first-order valence-corrected chi connectivity index (χ1v) is 9.01. The van der Waals surface area contributed by atoms with Crippen molar-refractivity contribution >= 4 is 6.03 Å². The zero-order chi connectivity index (χ0) is 18.4. The summed E-state index contributed by atoms with van der Waals surface area (Å²) in [7, 11) is 1.85. The Morgan fingerprint density at radius 3 is 2.85 bits per heavy atom. The fraction of sp³-hybridized carbons (Fsp3) is 0.400. The fourth-order valence-electron chi connectivity index (χ4n) is 3.22. The lowest BCUT2D eigenvalue weighted by Crippen LogP contribution is -2.44. The predicted octanol–water partition coefficient (Wildman–Crippen LogP) is 4.49. The summed E-state index contributed by atoms with van der Waals surface area (Å²) in [6, 6.07) is 9.72. The number of nitrogens with one attached hydrogen (secondary N) is 1. The highest BCUT2D eigenvalue weighted by Gasteiger charge is 2.22. The highest BCUT2D eigenvalue weighted by atomic mass is 19.1. The minimum Gasteiger partial charge on any atom is -0.439 e. The van der Waals surface area contributed by atoms with Crippen molar-refractivity contribution in [3.8, 4) is 11.6 Å². The second-order valence-electron chi connectivity index (χ2n) is 6.59. The molecular formula is C20H24FN3O2. The second kappa shape index (κ2) is 8.65. The molecule has 0 aliphatic heterocycles. The largest absolute Gasteiger partial charge is 0.439 e. The van der Waals surface area contributed by atoms with Crippen LogP contribution in [-0.2, 0) is 6.54 Å². The smallest absolute Gasteiger partial charge is 0.317 e. The Bertz CT molecular complexity index is 747. The zero-order valence-electron chi connectivity index (χ0n) is 15.0. The van der Waals surface area contributed by atoms with Crippen molar-refractivity contribution in [2.45, 2.75) is 44.7 Å². The molecule has 3 rings (SSSR count). The molecule has 0 saturated heterocycles. The summed E-state index contributed by atoms with van der Waals surface area (Å²) in [5.74, 6) is 0.358. The third-order valence-electron chi connectivity index (χ3n) is 4.73. The first kappa shape index (κ1) is 18.2. The number of aromatic nitrogens is 1. The van der Waals surface area contributed by atoms with Crippen LogP contribution in [0.1, 0.15) is 37.7 Å². The van der Waals surface area contributed by atoms with Crippen molar-refractivity contribution in [1.29, 1.82) is 0 Å². The van der Waals surface area contributed by atoms with Crippen LogP contribution in [0.15, 0.2) is 42.6 Å². The molecule has 138 valence electrons. The first-order valence-electron chi connectivity index (χ1n) is 9.01. The Morgan fingerprint density at radius 1 is 1.27 bits per heavy atom. The van der Waals surface area contributed by atoms with Crippen molar-refractivity contribution in [3.05, 3.63) is 54.0 Å². The average molecular weight is 357 g/mol. The van der Waals surface area contributed by atoms with Crippen LogP contribution in [0.4, 0.5) is 9.18 Å². The summed E-state index contributed by atoms with van der Waals surface area (Å²) >= 11 is 0. The van der Waals surface area contributed by atoms with Gasteiger partial charge in [-0.3, -0.25) is 0 Å². The molecule has 5 nitrogen and oxygen atoms in total. The molecule has 1 aromatic carbocycles. The van der Waals surface area contributed by atoms with Crippen molar-refractivity contribution < 1.29 is 13.9 Å². The normalized spacial score (nSPS) is 14.7. The summed E-state index contributed by atoms with van der Waals surface area (Å²) < 4.78 is 19.0. The van der Waals surface area contributed by atoms with E-state index in [1.54, 1.807) is 29.3 Å². The number of hydrogen-bond donors (Lipinski definition) is 1. The summed E-state index contributed by atoms with van der Waals surface area (Å²) in [5.41, 5.74) is 0.738. The third kappa shape index (κ3) is 4.71. The molecule has 6 heteroatoms. The molecule has 0 spiro atoms. The van der Waals surface area contributed by atoms with Gasteiger partial charge in [0, 0.05) is 37.5 Å². The Hall–Kier alpha value is -2.63. The molecular weight excluding hydrogens is 333 g/mol. The van der Waals surface area contributed by atoms with Gasteiger partial charge in [-0.05, 0) is 31.0 Å². The number of rotatable bonds is 5. The molecule has 0 atom stereocenters. The van der Waals surface area contributed by atoms with Gasteiger partial charge in [0.2, 0.25) is 5.88 Å². The van der Waals surface area contributed by atoms with Crippen LogP contribution >= 0.6 is 0 Å². The van der Waals surface area contributed by atoms with E-state index in [2.05, 4.69) is 10.3 Å². The molecule has 2 aromatic rings. The van der Waals surface area contributed by atoms with Gasteiger partial charge in [-0.15, -0.1) is 0 Å². The SMILES string of the molecule is CN(C(=O)NCc1cccnc1Oc1cccc(F)c1)C1CCCCC1. The van der Waals surface area contributed by atoms with E-state index in [0.717, 1.165) is 18.4 Å². The van der Waals surface area contributed by atoms with Gasteiger partial charge in [0.15, 0.2) is 0 Å². The summed E-state index contributed by atoms with van der Waals surface area (Å²) in [5, 5.41) is 2.93. The van der Waals surface area contributed by atoms with Gasteiger partial charge < -0.3 is 15.0 Å². The van der Waals surface area contributed by atoms with Crippen molar-refractivity contribution in [2.24, 2.45) is 0 Å². The van der Waals surface area contributed by atoms with Crippen LogP contribution in [-0.4, -0.2) is 29.0 Å². The molecule has 1 aliphatic rings. The van der Waals surface area contributed by atoms with E-state index in [1.807, 2.05) is 13.1 Å². The van der Waals surface area contributed by atoms with Gasteiger partial charge >= 0.3 is 6.03 Å². The lowest BCUT2D eigenvalue weighted by atomic mass is 9.95. The van der Waals surface area contributed by atoms with Crippen LogP contribution in [0.25, 0.3) is 0 Å². The first-order chi connectivity index (χ1) is 12.6. The van der Waals surface area contributed by atoms with Gasteiger partial charge in [-0.2, -0.15) is 0 Å². The van der Waals surface area contributed by atoms with Crippen LogP contribution in [0, 0.1) is 5.82 Å². The lowest BCUT2D eigenvalue weighted by Gasteiger charge is -2.31. The molecule has 2 amide bonds. The van der Waals surface area contributed by atoms with Crippen molar-refractivity contribution in [1.82, 2.24) is 15.2 Å². The number of ether oxygens (including phenoxy) is 1. The zero-order valence-corrected chi connectivity index (χ0v) is 15.0. The van der Waals surface area contributed by atoms with E-state index in [9.17, 15) is 9.18 Å². The van der Waals surface area contributed by atoms with E-state index >= 15 is 0 Å². The number of urea groups is 1. The third-order valence-corrected chi connectivity index (χ3v) is 4.73. The molecule has 0 bridgehead atoms. The summed E-state index contributed by atoms with van der Waals surface area (Å²) in [4.78, 5) is 18.4. The topological polar surface area (TPSA) is 54.5 Å². The monoisotopic (exact) mass is 357 g/mol. The number of nitrogens with zero attached hydrogens (tertiary/aromatic N) is 2. The van der Waals surface area contributed by atoms with E-state index in [1.165, 1.54) is 31.4 Å². The van der Waals surface area contributed by atoms with E-state index in [4.69, 9.17) is 4.74 Å². The fourth-order valence-corrected chi connectivity index (χ4v) is 3.22. The number of hydrogen-bond acceptors (Lipinski definition) is 3. The maximum absolute atomic E-state index is 13.3. The predicted molar refractivity (Wildman–Crippen MR) is 97.6 cm³/mol. The van der Waals surface area contributed by atoms with Gasteiger partial charge in [0.05, 0.1) is 0 Å². The highest BCUT2D eigenvalue weighted by Crippen LogP contribution is 2.24. The van der Waals surface area contributed by atoms with Gasteiger partial charge in [-0.1, -0.05) is 31.4 Å². The maximum Gasteiger partial charge on any atom is 0.317 e. The molecule has 1 N–H and O–H groups in total. The van der Waals surface area contributed by atoms with E-state index < -0.39 is 0 Å². The summed E-state index contributed by atoms with van der Waals surface area (Å²) in [6.07, 6.45) is 7.33. The number of benzene rings is 1. The molecule has 1 aliphatic carbocycles. The van der Waals surface area contributed by atoms with Crippen LogP contribution in [0.5, 0.6) is 11.6 Å².